The van der Waals surface area contributed by atoms with Crippen LogP contribution in [0, 0.1) is 12.7 Å². The van der Waals surface area contributed by atoms with E-state index in [1.54, 1.807) is 16.9 Å². The molecule has 0 aliphatic carbocycles. The largest absolute Gasteiger partial charge is 0.369 e. The Morgan fingerprint density at radius 3 is 2.94 bits per heavy atom. The van der Waals surface area contributed by atoms with Crippen LogP contribution in [0.5, 0.6) is 0 Å². The minimum Gasteiger partial charge on any atom is -0.369 e. The number of hydrogen-bond acceptors (Lipinski definition) is 5. The fourth-order valence-electron chi connectivity index (χ4n) is 4.02. The number of nitrogens with zero attached hydrogens (tertiary/aromatic N) is 3. The zero-order valence-corrected chi connectivity index (χ0v) is 18.5. The fourth-order valence-corrected chi connectivity index (χ4v) is 4.02. The summed E-state index contributed by atoms with van der Waals surface area (Å²) in [6.07, 6.45) is 6.47. The zero-order chi connectivity index (χ0) is 22.5. The van der Waals surface area contributed by atoms with E-state index in [1.165, 1.54) is 12.1 Å². The molecule has 1 aliphatic heterocycles. The molecular formula is C24H29FN6O. The van der Waals surface area contributed by atoms with E-state index in [1.807, 2.05) is 32.3 Å². The molecule has 0 radical (unpaired) electrons. The van der Waals surface area contributed by atoms with Crippen molar-refractivity contribution in [1.29, 1.82) is 0 Å². The molecule has 8 heteroatoms. The Morgan fingerprint density at radius 2 is 2.22 bits per heavy atom. The minimum absolute atomic E-state index is 0.153. The molecule has 1 aromatic carbocycles. The van der Waals surface area contributed by atoms with Gasteiger partial charge in [-0.1, -0.05) is 12.1 Å². The second-order valence-electron chi connectivity index (χ2n) is 8.26. The van der Waals surface area contributed by atoms with Crippen molar-refractivity contribution in [2.75, 3.05) is 25.0 Å². The lowest BCUT2D eigenvalue weighted by molar-refractivity contribution is 0.0950. The van der Waals surface area contributed by atoms with Gasteiger partial charge < -0.3 is 16.0 Å². The van der Waals surface area contributed by atoms with Crippen LogP contribution in [0.1, 0.15) is 34.3 Å². The van der Waals surface area contributed by atoms with Gasteiger partial charge in [0.25, 0.3) is 5.91 Å². The molecule has 0 saturated carbocycles. The number of amides is 1. The van der Waals surface area contributed by atoms with Crippen LogP contribution < -0.4 is 16.0 Å². The Labute approximate surface area is 187 Å². The van der Waals surface area contributed by atoms with Crippen molar-refractivity contribution in [3.8, 4) is 11.3 Å². The van der Waals surface area contributed by atoms with E-state index in [4.69, 9.17) is 4.98 Å². The summed E-state index contributed by atoms with van der Waals surface area (Å²) in [7, 11) is 1.86. The van der Waals surface area contributed by atoms with Gasteiger partial charge in [-0.2, -0.15) is 5.10 Å². The third kappa shape index (κ3) is 5.31. The van der Waals surface area contributed by atoms with Crippen molar-refractivity contribution in [2.45, 2.75) is 32.2 Å². The predicted octanol–water partition coefficient (Wildman–Crippen LogP) is 3.07. The van der Waals surface area contributed by atoms with Gasteiger partial charge in [-0.25, -0.2) is 9.37 Å². The van der Waals surface area contributed by atoms with Crippen LogP contribution in [0.15, 0.2) is 42.7 Å². The molecule has 1 saturated heterocycles. The Kier molecular flexibility index (Phi) is 6.80. The van der Waals surface area contributed by atoms with E-state index in [-0.39, 0.29) is 11.7 Å². The Balaban J connectivity index is 1.55. The maximum absolute atomic E-state index is 13.5. The van der Waals surface area contributed by atoms with Crippen LogP contribution in [0.4, 0.5) is 10.2 Å². The first-order valence-corrected chi connectivity index (χ1v) is 11.0. The molecule has 1 atom stereocenters. The molecule has 3 N–H and O–H groups in total. The molecule has 4 rings (SSSR count). The minimum atomic E-state index is -0.254. The molecular weight excluding hydrogens is 407 g/mol. The van der Waals surface area contributed by atoms with Crippen LogP contribution in [0.2, 0.25) is 0 Å². The normalized spacial score (nSPS) is 15.7. The predicted molar refractivity (Wildman–Crippen MR) is 123 cm³/mol. The lowest BCUT2D eigenvalue weighted by atomic mass is 10.1. The number of benzene rings is 1. The Morgan fingerprint density at radius 1 is 1.34 bits per heavy atom. The molecule has 168 valence electrons. The van der Waals surface area contributed by atoms with Gasteiger partial charge in [-0.15, -0.1) is 0 Å². The van der Waals surface area contributed by atoms with Crippen LogP contribution in [0.3, 0.4) is 0 Å². The SMILES string of the molecule is Cc1cc(C(=O)NC[C@H]2CCCN2)c(NCCc2cccc(F)c2)nc1-c1cnn(C)c1. The molecule has 7 nitrogen and oxygen atoms in total. The Bertz CT molecular complexity index is 1090. The quantitative estimate of drug-likeness (QED) is 0.506. The van der Waals surface area contributed by atoms with Gasteiger partial charge >= 0.3 is 0 Å². The van der Waals surface area contributed by atoms with E-state index in [0.29, 0.717) is 36.9 Å². The van der Waals surface area contributed by atoms with E-state index >= 15 is 0 Å². The molecule has 1 aliphatic rings. The van der Waals surface area contributed by atoms with Crippen molar-refractivity contribution in [3.05, 3.63) is 65.2 Å². The van der Waals surface area contributed by atoms with Gasteiger partial charge in [0.2, 0.25) is 0 Å². The molecule has 3 heterocycles. The summed E-state index contributed by atoms with van der Waals surface area (Å²) in [4.78, 5) is 17.8. The average Bonchev–Trinajstić information content (AvgIpc) is 3.44. The number of rotatable bonds is 8. The number of pyridine rings is 1. The average molecular weight is 437 g/mol. The highest BCUT2D eigenvalue weighted by atomic mass is 19.1. The highest BCUT2D eigenvalue weighted by molar-refractivity contribution is 5.99. The highest BCUT2D eigenvalue weighted by Gasteiger charge is 2.20. The van der Waals surface area contributed by atoms with Crippen LogP contribution in [-0.4, -0.2) is 46.3 Å². The van der Waals surface area contributed by atoms with E-state index in [2.05, 4.69) is 21.0 Å². The maximum Gasteiger partial charge on any atom is 0.255 e. The van der Waals surface area contributed by atoms with Crippen molar-refractivity contribution < 1.29 is 9.18 Å². The number of anilines is 1. The Hall–Kier alpha value is -3.26. The van der Waals surface area contributed by atoms with Gasteiger partial charge in [-0.05, 0) is 62.1 Å². The first-order valence-electron chi connectivity index (χ1n) is 11.0. The lowest BCUT2D eigenvalue weighted by Crippen LogP contribution is -2.37. The molecule has 2 aromatic heterocycles. The molecule has 0 spiro atoms. The van der Waals surface area contributed by atoms with Crippen molar-refractivity contribution in [2.24, 2.45) is 7.05 Å². The number of halogens is 1. The summed E-state index contributed by atoms with van der Waals surface area (Å²) in [5.74, 6) is 0.110. The lowest BCUT2D eigenvalue weighted by Gasteiger charge is -2.16. The monoisotopic (exact) mass is 436 g/mol. The van der Waals surface area contributed by atoms with Gasteiger partial charge in [0.1, 0.15) is 11.6 Å². The second kappa shape index (κ2) is 9.91. The zero-order valence-electron chi connectivity index (χ0n) is 18.5. The summed E-state index contributed by atoms with van der Waals surface area (Å²) >= 11 is 0. The molecule has 1 amide bonds. The van der Waals surface area contributed by atoms with Gasteiger partial charge in [0, 0.05) is 37.9 Å². The number of aryl methyl sites for hydroxylation is 2. The molecule has 32 heavy (non-hydrogen) atoms. The number of hydrogen-bond donors (Lipinski definition) is 3. The smallest absolute Gasteiger partial charge is 0.255 e. The summed E-state index contributed by atoms with van der Waals surface area (Å²) in [6.45, 7) is 4.05. The topological polar surface area (TPSA) is 83.9 Å². The van der Waals surface area contributed by atoms with Crippen LogP contribution >= 0.6 is 0 Å². The number of nitrogens with one attached hydrogen (secondary N) is 3. The van der Waals surface area contributed by atoms with Gasteiger partial charge in [0.15, 0.2) is 0 Å². The number of carbonyl (C=O) groups excluding carboxylic acids is 1. The maximum atomic E-state index is 13.5. The molecule has 0 unspecified atom stereocenters. The standard InChI is InChI=1S/C24H29FN6O/c1-16-11-21(24(32)28-14-20-7-4-9-26-20)23(30-22(16)18-13-29-31(2)15-18)27-10-8-17-5-3-6-19(25)12-17/h3,5-6,11-13,15,20,26H,4,7-10,14H2,1-2H3,(H,27,30)(H,28,32)/t20-/m1/s1. The van der Waals surface area contributed by atoms with Crippen molar-refractivity contribution >= 4 is 11.7 Å². The van der Waals surface area contributed by atoms with E-state index in [0.717, 1.165) is 41.8 Å². The van der Waals surface area contributed by atoms with Crippen molar-refractivity contribution in [3.63, 3.8) is 0 Å². The van der Waals surface area contributed by atoms with Gasteiger partial charge in [-0.3, -0.25) is 9.48 Å². The first kappa shape index (κ1) is 22.0. The number of aromatic nitrogens is 3. The van der Waals surface area contributed by atoms with Crippen LogP contribution in [0.25, 0.3) is 11.3 Å². The molecule has 1 fully saturated rings. The first-order chi connectivity index (χ1) is 15.5. The highest BCUT2D eigenvalue weighted by Crippen LogP contribution is 2.26. The third-order valence-corrected chi connectivity index (χ3v) is 5.70. The van der Waals surface area contributed by atoms with Crippen molar-refractivity contribution in [1.82, 2.24) is 25.4 Å². The second-order valence-corrected chi connectivity index (χ2v) is 8.26. The summed E-state index contributed by atoms with van der Waals surface area (Å²) < 4.78 is 15.2. The summed E-state index contributed by atoms with van der Waals surface area (Å²) in [6, 6.07) is 8.72. The van der Waals surface area contributed by atoms with E-state index < -0.39 is 0 Å². The molecule has 0 bridgehead atoms. The van der Waals surface area contributed by atoms with Gasteiger partial charge in [0.05, 0.1) is 17.5 Å². The molecule has 3 aromatic rings. The number of carbonyl (C=O) groups is 1. The summed E-state index contributed by atoms with van der Waals surface area (Å²) in [5.41, 5.74) is 3.96. The summed E-state index contributed by atoms with van der Waals surface area (Å²) in [5, 5.41) is 14.0. The van der Waals surface area contributed by atoms with Crippen LogP contribution in [-0.2, 0) is 13.5 Å². The third-order valence-electron chi connectivity index (χ3n) is 5.70. The fraction of sp³-hybridized carbons (Fsp3) is 0.375. The van der Waals surface area contributed by atoms with E-state index in [9.17, 15) is 9.18 Å².